The summed E-state index contributed by atoms with van der Waals surface area (Å²) in [5.41, 5.74) is 6.25. The molecule has 0 aliphatic heterocycles. The summed E-state index contributed by atoms with van der Waals surface area (Å²) in [7, 11) is 0. The van der Waals surface area contributed by atoms with Crippen molar-refractivity contribution in [2.24, 2.45) is 5.73 Å². The summed E-state index contributed by atoms with van der Waals surface area (Å²) >= 11 is 0. The van der Waals surface area contributed by atoms with Gasteiger partial charge in [-0.05, 0) is 13.0 Å². The number of hydrogen-bond donors (Lipinski definition) is 1. The third-order valence-corrected chi connectivity index (χ3v) is 1.99. The molecule has 0 unspecified atom stereocenters. The maximum absolute atomic E-state index is 10.8. The summed E-state index contributed by atoms with van der Waals surface area (Å²) in [6, 6.07) is 3.66. The molecule has 1 heterocycles. The SMILES string of the molecule is CCN(CC(N)=O)c1cnccc1C#N. The predicted octanol–water partition coefficient (Wildman–Crippen LogP) is 0.265. The zero-order valence-electron chi connectivity index (χ0n) is 8.47. The first kappa shape index (κ1) is 11.0. The van der Waals surface area contributed by atoms with Gasteiger partial charge >= 0.3 is 0 Å². The molecule has 2 N–H and O–H groups in total. The van der Waals surface area contributed by atoms with E-state index in [0.29, 0.717) is 17.8 Å². The zero-order chi connectivity index (χ0) is 11.3. The Bertz CT molecular complexity index is 397. The molecule has 0 spiro atoms. The molecule has 1 aromatic heterocycles. The largest absolute Gasteiger partial charge is 0.368 e. The van der Waals surface area contributed by atoms with Crippen molar-refractivity contribution in [2.75, 3.05) is 18.0 Å². The number of carbonyl (C=O) groups is 1. The Morgan fingerprint density at radius 1 is 1.73 bits per heavy atom. The van der Waals surface area contributed by atoms with Gasteiger partial charge in [-0.2, -0.15) is 5.26 Å². The highest BCUT2D eigenvalue weighted by Crippen LogP contribution is 2.17. The average molecular weight is 204 g/mol. The number of carbonyl (C=O) groups excluding carboxylic acids is 1. The number of nitriles is 1. The average Bonchev–Trinajstić information content (AvgIpc) is 2.25. The van der Waals surface area contributed by atoms with Gasteiger partial charge in [0.05, 0.1) is 24.0 Å². The third kappa shape index (κ3) is 2.68. The highest BCUT2D eigenvalue weighted by molar-refractivity contribution is 5.80. The summed E-state index contributed by atoms with van der Waals surface area (Å²) < 4.78 is 0. The summed E-state index contributed by atoms with van der Waals surface area (Å²) in [5, 5.41) is 8.88. The van der Waals surface area contributed by atoms with Crippen molar-refractivity contribution in [2.45, 2.75) is 6.92 Å². The van der Waals surface area contributed by atoms with E-state index in [0.717, 1.165) is 0 Å². The molecular formula is C10H12N4O. The van der Waals surface area contributed by atoms with Crippen LogP contribution in [0.3, 0.4) is 0 Å². The van der Waals surface area contributed by atoms with E-state index in [1.165, 1.54) is 0 Å². The van der Waals surface area contributed by atoms with Crippen molar-refractivity contribution in [1.29, 1.82) is 5.26 Å². The van der Waals surface area contributed by atoms with Crippen LogP contribution in [0.15, 0.2) is 18.5 Å². The minimum atomic E-state index is -0.426. The molecule has 1 aromatic rings. The van der Waals surface area contributed by atoms with Crippen molar-refractivity contribution in [3.8, 4) is 6.07 Å². The van der Waals surface area contributed by atoms with Gasteiger partial charge in [-0.3, -0.25) is 9.78 Å². The van der Waals surface area contributed by atoms with Crippen molar-refractivity contribution in [3.63, 3.8) is 0 Å². The number of amides is 1. The van der Waals surface area contributed by atoms with Crippen LogP contribution in [0, 0.1) is 11.3 Å². The van der Waals surface area contributed by atoms with Crippen molar-refractivity contribution in [1.82, 2.24) is 4.98 Å². The van der Waals surface area contributed by atoms with Crippen molar-refractivity contribution < 1.29 is 4.79 Å². The molecule has 0 aliphatic carbocycles. The molecule has 0 saturated carbocycles. The summed E-state index contributed by atoms with van der Waals surface area (Å²) in [6.45, 7) is 2.58. The molecule has 5 nitrogen and oxygen atoms in total. The molecule has 0 atom stereocenters. The monoisotopic (exact) mass is 204 g/mol. The Morgan fingerprint density at radius 3 is 3.00 bits per heavy atom. The van der Waals surface area contributed by atoms with Crippen molar-refractivity contribution >= 4 is 11.6 Å². The maximum Gasteiger partial charge on any atom is 0.236 e. The third-order valence-electron chi connectivity index (χ3n) is 1.99. The second-order valence-electron chi connectivity index (χ2n) is 2.99. The lowest BCUT2D eigenvalue weighted by Gasteiger charge is -2.21. The second kappa shape index (κ2) is 4.96. The second-order valence-corrected chi connectivity index (χ2v) is 2.99. The minimum Gasteiger partial charge on any atom is -0.368 e. The van der Waals surface area contributed by atoms with E-state index in [-0.39, 0.29) is 6.54 Å². The van der Waals surface area contributed by atoms with E-state index in [2.05, 4.69) is 4.98 Å². The zero-order valence-corrected chi connectivity index (χ0v) is 8.47. The van der Waals surface area contributed by atoms with E-state index in [1.54, 1.807) is 23.4 Å². The molecule has 0 aliphatic rings. The number of likely N-dealkylation sites (N-methyl/N-ethyl adjacent to an activating group) is 1. The van der Waals surface area contributed by atoms with Gasteiger partial charge in [-0.1, -0.05) is 0 Å². The Kier molecular flexibility index (Phi) is 3.63. The Morgan fingerprint density at radius 2 is 2.47 bits per heavy atom. The van der Waals surface area contributed by atoms with Crippen LogP contribution in [-0.2, 0) is 4.79 Å². The van der Waals surface area contributed by atoms with Crippen LogP contribution in [0.1, 0.15) is 12.5 Å². The number of nitrogens with zero attached hydrogens (tertiary/aromatic N) is 3. The lowest BCUT2D eigenvalue weighted by Crippen LogP contribution is -2.34. The van der Waals surface area contributed by atoms with Crippen LogP contribution in [0.5, 0.6) is 0 Å². The summed E-state index contributed by atoms with van der Waals surface area (Å²) in [6.07, 6.45) is 3.10. The molecule has 0 saturated heterocycles. The van der Waals surface area contributed by atoms with E-state index in [1.807, 2.05) is 13.0 Å². The predicted molar refractivity (Wildman–Crippen MR) is 56.0 cm³/mol. The molecule has 1 rings (SSSR count). The molecule has 0 fully saturated rings. The van der Waals surface area contributed by atoms with E-state index in [4.69, 9.17) is 11.0 Å². The highest BCUT2D eigenvalue weighted by Gasteiger charge is 2.11. The summed E-state index contributed by atoms with van der Waals surface area (Å²) in [5.74, 6) is -0.426. The van der Waals surface area contributed by atoms with E-state index in [9.17, 15) is 4.79 Å². The Balaban J connectivity index is 3.01. The molecule has 0 radical (unpaired) electrons. The van der Waals surface area contributed by atoms with Gasteiger partial charge in [-0.15, -0.1) is 0 Å². The normalized spacial score (nSPS) is 9.33. The number of anilines is 1. The lowest BCUT2D eigenvalue weighted by molar-refractivity contribution is -0.116. The molecule has 78 valence electrons. The number of pyridine rings is 1. The molecule has 0 bridgehead atoms. The van der Waals surface area contributed by atoms with Gasteiger partial charge < -0.3 is 10.6 Å². The fraction of sp³-hybridized carbons (Fsp3) is 0.300. The molecule has 1 amide bonds. The minimum absolute atomic E-state index is 0.0941. The first-order valence-electron chi connectivity index (χ1n) is 4.56. The smallest absolute Gasteiger partial charge is 0.236 e. The van der Waals surface area contributed by atoms with Crippen LogP contribution in [0.25, 0.3) is 0 Å². The van der Waals surface area contributed by atoms with Crippen LogP contribution < -0.4 is 10.6 Å². The number of primary amides is 1. The molecular weight excluding hydrogens is 192 g/mol. The van der Waals surface area contributed by atoms with Crippen LogP contribution >= 0.6 is 0 Å². The Hall–Kier alpha value is -2.09. The first-order valence-corrected chi connectivity index (χ1v) is 4.56. The van der Waals surface area contributed by atoms with Gasteiger partial charge in [0.2, 0.25) is 5.91 Å². The fourth-order valence-corrected chi connectivity index (χ4v) is 1.29. The van der Waals surface area contributed by atoms with Gasteiger partial charge in [0.25, 0.3) is 0 Å². The van der Waals surface area contributed by atoms with Gasteiger partial charge in [0.1, 0.15) is 6.07 Å². The van der Waals surface area contributed by atoms with Gasteiger partial charge in [0, 0.05) is 12.7 Å². The molecule has 0 aromatic carbocycles. The number of hydrogen-bond acceptors (Lipinski definition) is 4. The topological polar surface area (TPSA) is 83.0 Å². The number of nitrogens with two attached hydrogens (primary N) is 1. The molecule has 5 heteroatoms. The first-order chi connectivity index (χ1) is 7.19. The standard InChI is InChI=1S/C10H12N4O/c1-2-14(7-10(12)15)9-6-13-4-3-8(9)5-11/h3-4,6H,2,7H2,1H3,(H2,12,15). The van der Waals surface area contributed by atoms with Crippen LogP contribution in [0.2, 0.25) is 0 Å². The Labute approximate surface area is 88.1 Å². The van der Waals surface area contributed by atoms with E-state index >= 15 is 0 Å². The molecule has 15 heavy (non-hydrogen) atoms. The van der Waals surface area contributed by atoms with E-state index < -0.39 is 5.91 Å². The fourth-order valence-electron chi connectivity index (χ4n) is 1.29. The number of rotatable bonds is 4. The van der Waals surface area contributed by atoms with Gasteiger partial charge in [-0.25, -0.2) is 0 Å². The lowest BCUT2D eigenvalue weighted by atomic mass is 10.2. The maximum atomic E-state index is 10.8. The quantitative estimate of drug-likeness (QED) is 0.762. The van der Waals surface area contributed by atoms with Crippen molar-refractivity contribution in [3.05, 3.63) is 24.0 Å². The van der Waals surface area contributed by atoms with Gasteiger partial charge in [0.15, 0.2) is 0 Å². The number of aromatic nitrogens is 1. The highest BCUT2D eigenvalue weighted by atomic mass is 16.1. The van der Waals surface area contributed by atoms with Crippen LogP contribution in [-0.4, -0.2) is 24.0 Å². The van der Waals surface area contributed by atoms with Crippen LogP contribution in [0.4, 0.5) is 5.69 Å². The summed E-state index contributed by atoms with van der Waals surface area (Å²) in [4.78, 5) is 16.5.